The molecule has 162 valence electrons. The van der Waals surface area contributed by atoms with Crippen molar-refractivity contribution in [3.8, 4) is 5.88 Å². The maximum absolute atomic E-state index is 7.32. The molecule has 1 rings (SSSR count). The second-order valence-corrected chi connectivity index (χ2v) is 6.62. The topological polar surface area (TPSA) is 187 Å². The Bertz CT molecular complexity index is 640. The van der Waals surface area contributed by atoms with E-state index in [9.17, 15) is 0 Å². The minimum atomic E-state index is -0.0131. The van der Waals surface area contributed by atoms with E-state index in [1.165, 1.54) is 19.0 Å². The molecule has 0 aromatic carbocycles. The molecule has 10 heteroatoms. The third kappa shape index (κ3) is 12.9. The highest BCUT2D eigenvalue weighted by Crippen LogP contribution is 2.07. The van der Waals surface area contributed by atoms with Gasteiger partial charge in [-0.3, -0.25) is 15.4 Å². The fourth-order valence-corrected chi connectivity index (χ4v) is 2.49. The summed E-state index contributed by atoms with van der Waals surface area (Å²) in [6.45, 7) is 2.61. The highest BCUT2D eigenvalue weighted by Gasteiger charge is 1.99. The van der Waals surface area contributed by atoms with Crippen LogP contribution in [-0.4, -0.2) is 49.0 Å². The molecule has 0 atom stereocenters. The zero-order chi connectivity index (χ0) is 21.3. The van der Waals surface area contributed by atoms with Crippen LogP contribution in [0.3, 0.4) is 0 Å². The van der Waals surface area contributed by atoms with Crippen molar-refractivity contribution < 1.29 is 4.74 Å². The molecule has 0 amide bonds. The zero-order valence-electron chi connectivity index (χ0n) is 17.1. The molecule has 0 aliphatic heterocycles. The minimum absolute atomic E-state index is 0.0131. The summed E-state index contributed by atoms with van der Waals surface area (Å²) in [5.74, 6) is 1.12. The van der Waals surface area contributed by atoms with Gasteiger partial charge in [-0.25, -0.2) is 4.98 Å². The number of unbranched alkanes of at least 4 members (excludes halogenated alkanes) is 5. The maximum Gasteiger partial charge on any atom is 0.213 e. The van der Waals surface area contributed by atoms with E-state index in [4.69, 9.17) is 33.1 Å². The van der Waals surface area contributed by atoms with Gasteiger partial charge in [0.25, 0.3) is 0 Å². The largest absolute Gasteiger partial charge is 0.478 e. The third-order valence-electron chi connectivity index (χ3n) is 4.07. The monoisotopic (exact) mass is 405 g/mol. The number of aromatic nitrogens is 1. The van der Waals surface area contributed by atoms with Crippen LogP contribution in [0.15, 0.2) is 28.3 Å². The van der Waals surface area contributed by atoms with Crippen molar-refractivity contribution in [1.29, 1.82) is 5.41 Å². The van der Waals surface area contributed by atoms with Gasteiger partial charge >= 0.3 is 0 Å². The Hall–Kier alpha value is -3.04. The van der Waals surface area contributed by atoms with Crippen LogP contribution in [0.4, 0.5) is 0 Å². The van der Waals surface area contributed by atoms with Gasteiger partial charge in [0.1, 0.15) is 5.84 Å². The van der Waals surface area contributed by atoms with E-state index in [0.29, 0.717) is 37.1 Å². The summed E-state index contributed by atoms with van der Waals surface area (Å²) >= 11 is 0. The molecule has 0 spiro atoms. The average molecular weight is 406 g/mol. The molecular formula is C19H35N9O. The third-order valence-corrected chi connectivity index (χ3v) is 4.07. The number of nitrogen functional groups attached to an aromatic ring is 1. The SMILES string of the molecule is N=C(N)c1ccc(OCCCN=C(N)NCCCCCCCCN=C(N)N)nc1. The quantitative estimate of drug-likeness (QED) is 0.140. The van der Waals surface area contributed by atoms with Gasteiger partial charge in [0.15, 0.2) is 11.9 Å². The van der Waals surface area contributed by atoms with E-state index in [1.54, 1.807) is 12.1 Å². The van der Waals surface area contributed by atoms with Crippen molar-refractivity contribution in [2.75, 3.05) is 26.2 Å². The summed E-state index contributed by atoms with van der Waals surface area (Å²) < 4.78 is 5.52. The molecule has 0 radical (unpaired) electrons. The average Bonchev–Trinajstić information content (AvgIpc) is 2.69. The Morgan fingerprint density at radius 2 is 1.62 bits per heavy atom. The van der Waals surface area contributed by atoms with Crippen LogP contribution in [-0.2, 0) is 0 Å². The number of hydrogen-bond acceptors (Lipinski definition) is 5. The maximum atomic E-state index is 7.32. The lowest BCUT2D eigenvalue weighted by Crippen LogP contribution is -2.32. The molecule has 0 unspecified atom stereocenters. The molecule has 1 aromatic heterocycles. The predicted octanol–water partition coefficient (Wildman–Crippen LogP) is 0.653. The smallest absolute Gasteiger partial charge is 0.213 e. The van der Waals surface area contributed by atoms with Gasteiger partial charge in [-0.15, -0.1) is 0 Å². The first-order chi connectivity index (χ1) is 14.0. The van der Waals surface area contributed by atoms with Crippen LogP contribution in [0, 0.1) is 5.41 Å². The number of ether oxygens (including phenoxy) is 1. The van der Waals surface area contributed by atoms with Crippen molar-refractivity contribution in [2.24, 2.45) is 32.9 Å². The van der Waals surface area contributed by atoms with Gasteiger partial charge in [-0.1, -0.05) is 25.7 Å². The molecule has 10 N–H and O–H groups in total. The number of rotatable bonds is 15. The number of amidine groups is 1. The highest BCUT2D eigenvalue weighted by molar-refractivity contribution is 5.94. The Kier molecular flexibility index (Phi) is 12.4. The number of nitrogens with one attached hydrogen (secondary N) is 2. The second kappa shape index (κ2) is 14.9. The van der Waals surface area contributed by atoms with Crippen molar-refractivity contribution in [2.45, 2.75) is 44.9 Å². The van der Waals surface area contributed by atoms with Crippen LogP contribution in [0.2, 0.25) is 0 Å². The van der Waals surface area contributed by atoms with Gasteiger partial charge in [0.05, 0.1) is 6.61 Å². The van der Waals surface area contributed by atoms with Crippen molar-refractivity contribution in [1.82, 2.24) is 10.3 Å². The molecule has 29 heavy (non-hydrogen) atoms. The van der Waals surface area contributed by atoms with Crippen molar-refractivity contribution in [3.63, 3.8) is 0 Å². The normalized spacial score (nSPS) is 11.1. The number of hydrogen-bond donors (Lipinski definition) is 6. The first-order valence-corrected chi connectivity index (χ1v) is 10.0. The summed E-state index contributed by atoms with van der Waals surface area (Å²) in [5, 5.41) is 10.4. The first-order valence-electron chi connectivity index (χ1n) is 10.0. The summed E-state index contributed by atoms with van der Waals surface area (Å²) in [7, 11) is 0. The summed E-state index contributed by atoms with van der Waals surface area (Å²) in [4.78, 5) is 12.3. The Morgan fingerprint density at radius 3 is 2.28 bits per heavy atom. The number of guanidine groups is 2. The van der Waals surface area contributed by atoms with Gasteiger partial charge in [0, 0.05) is 43.9 Å². The molecule has 0 saturated carbocycles. The fourth-order valence-electron chi connectivity index (χ4n) is 2.49. The summed E-state index contributed by atoms with van der Waals surface area (Å²) in [6.07, 6.45) is 9.03. The predicted molar refractivity (Wildman–Crippen MR) is 118 cm³/mol. The number of pyridine rings is 1. The number of aliphatic imine (C=N–C) groups is 2. The van der Waals surface area contributed by atoms with E-state index in [1.807, 2.05) is 0 Å². The van der Waals surface area contributed by atoms with E-state index < -0.39 is 0 Å². The lowest BCUT2D eigenvalue weighted by molar-refractivity contribution is 0.301. The van der Waals surface area contributed by atoms with E-state index in [-0.39, 0.29) is 11.8 Å². The zero-order valence-corrected chi connectivity index (χ0v) is 17.1. The molecule has 10 nitrogen and oxygen atoms in total. The van der Waals surface area contributed by atoms with Gasteiger partial charge in [-0.2, -0.15) is 0 Å². The molecule has 0 bridgehead atoms. The van der Waals surface area contributed by atoms with E-state index in [0.717, 1.165) is 38.6 Å². The second-order valence-electron chi connectivity index (χ2n) is 6.62. The molecular weight excluding hydrogens is 370 g/mol. The molecule has 1 aromatic rings. The minimum Gasteiger partial charge on any atom is -0.478 e. The molecule has 1 heterocycles. The molecule has 0 aliphatic rings. The highest BCUT2D eigenvalue weighted by atomic mass is 16.5. The van der Waals surface area contributed by atoms with E-state index >= 15 is 0 Å². The van der Waals surface area contributed by atoms with Crippen LogP contribution >= 0.6 is 0 Å². The van der Waals surface area contributed by atoms with E-state index in [2.05, 4.69) is 20.3 Å². The lowest BCUT2D eigenvalue weighted by Gasteiger charge is -2.07. The van der Waals surface area contributed by atoms with Crippen molar-refractivity contribution in [3.05, 3.63) is 23.9 Å². The fraction of sp³-hybridized carbons (Fsp3) is 0.579. The van der Waals surface area contributed by atoms with Gasteiger partial charge < -0.3 is 33.0 Å². The molecule has 0 fully saturated rings. The van der Waals surface area contributed by atoms with Crippen LogP contribution < -0.4 is 33.0 Å². The first kappa shape index (κ1) is 24.0. The number of nitrogens with two attached hydrogens (primary N) is 4. The number of nitrogens with zero attached hydrogens (tertiary/aromatic N) is 3. The molecule has 0 aliphatic carbocycles. The van der Waals surface area contributed by atoms with Crippen LogP contribution in [0.1, 0.15) is 50.5 Å². The van der Waals surface area contributed by atoms with Crippen LogP contribution in [0.25, 0.3) is 0 Å². The standard InChI is InChI=1S/C19H35N9O/c20-17(21)15-8-9-16(28-14-15)29-13-7-12-27-19(24)26-11-6-4-2-1-3-5-10-25-18(22)23/h8-9,14H,1-7,10-13H2,(H3,20,21)(H4,22,23,25)(H3,24,26,27). The van der Waals surface area contributed by atoms with Gasteiger partial charge in [0.2, 0.25) is 5.88 Å². The van der Waals surface area contributed by atoms with Gasteiger partial charge in [-0.05, 0) is 18.9 Å². The van der Waals surface area contributed by atoms with Crippen molar-refractivity contribution >= 4 is 17.8 Å². The summed E-state index contributed by atoms with van der Waals surface area (Å²) in [6, 6.07) is 3.40. The Morgan fingerprint density at radius 1 is 0.931 bits per heavy atom. The Labute approximate surface area is 172 Å². The molecule has 0 saturated heterocycles. The Balaban J connectivity index is 1.97. The lowest BCUT2D eigenvalue weighted by atomic mass is 10.1. The van der Waals surface area contributed by atoms with Crippen LogP contribution in [0.5, 0.6) is 5.88 Å². The summed E-state index contributed by atoms with van der Waals surface area (Å²) in [5.41, 5.74) is 22.4.